The molecule has 202 valence electrons. The summed E-state index contributed by atoms with van der Waals surface area (Å²) in [7, 11) is -0.453. The average Bonchev–Trinajstić information content (AvgIpc) is 3.40. The lowest BCUT2D eigenvalue weighted by Crippen LogP contribution is -2.77. The molecule has 0 bridgehead atoms. The molecule has 5 heteroatoms. The van der Waals surface area contributed by atoms with E-state index in [0.717, 1.165) is 29.4 Å². The van der Waals surface area contributed by atoms with Crippen LogP contribution in [0.3, 0.4) is 0 Å². The van der Waals surface area contributed by atoms with Gasteiger partial charge in [-0.05, 0) is 57.1 Å². The van der Waals surface area contributed by atoms with Crippen molar-refractivity contribution in [3.63, 3.8) is 0 Å². The van der Waals surface area contributed by atoms with Crippen LogP contribution in [0.25, 0.3) is 11.3 Å². The maximum absolute atomic E-state index is 6.56. The average molecular weight is 560 g/mol. The number of anilines is 3. The molecule has 2 aliphatic rings. The van der Waals surface area contributed by atoms with E-state index in [1.54, 1.807) is 0 Å². The van der Waals surface area contributed by atoms with Crippen molar-refractivity contribution in [3.8, 4) is 22.8 Å². The molecule has 0 fully saturated rings. The first-order chi connectivity index (χ1) is 20.7. The zero-order valence-electron chi connectivity index (χ0n) is 23.3. The van der Waals surface area contributed by atoms with Crippen LogP contribution in [0.4, 0.5) is 17.1 Å². The van der Waals surface area contributed by atoms with Crippen LogP contribution >= 0.6 is 0 Å². The number of ether oxygens (including phenoxy) is 1. The van der Waals surface area contributed by atoms with Gasteiger partial charge in [0.25, 0.3) is 0 Å². The van der Waals surface area contributed by atoms with Crippen LogP contribution in [0.1, 0.15) is 0 Å². The monoisotopic (exact) mass is 559 g/mol. The Bertz CT molecular complexity index is 1870. The van der Waals surface area contributed by atoms with E-state index in [4.69, 9.17) is 4.74 Å². The lowest BCUT2D eigenvalue weighted by molar-refractivity contribution is 0.483. The molecule has 0 N–H and O–H groups in total. The van der Waals surface area contributed by atoms with Crippen molar-refractivity contribution in [1.82, 2.24) is 4.98 Å². The summed E-state index contributed by atoms with van der Waals surface area (Å²) in [5, 5.41) is 5.59. The zero-order valence-corrected chi connectivity index (χ0v) is 24.3. The van der Waals surface area contributed by atoms with Gasteiger partial charge >= 0.3 is 0 Å². The van der Waals surface area contributed by atoms with E-state index in [2.05, 4.69) is 131 Å². The van der Waals surface area contributed by atoms with Gasteiger partial charge in [0.1, 0.15) is 11.5 Å². The lowest BCUT2D eigenvalue weighted by atomic mass is 10.1. The van der Waals surface area contributed by atoms with Crippen LogP contribution in [-0.4, -0.2) is 26.8 Å². The second kappa shape index (κ2) is 9.75. The highest BCUT2D eigenvalue weighted by molar-refractivity contribution is 7.21. The fourth-order valence-electron chi connectivity index (χ4n) is 6.80. The summed E-state index contributed by atoms with van der Waals surface area (Å²) < 4.78 is 6.56. The molecule has 0 aliphatic carbocycles. The smallest absolute Gasteiger partial charge is 0.184 e. The van der Waals surface area contributed by atoms with E-state index in [9.17, 15) is 0 Å². The lowest BCUT2D eigenvalue weighted by Gasteiger charge is -2.43. The van der Waals surface area contributed by atoms with Gasteiger partial charge in [0, 0.05) is 30.6 Å². The van der Waals surface area contributed by atoms with Crippen molar-refractivity contribution in [2.75, 3.05) is 23.5 Å². The first-order valence-corrected chi connectivity index (χ1v) is 16.3. The van der Waals surface area contributed by atoms with Gasteiger partial charge in [-0.2, -0.15) is 0 Å². The molecule has 0 radical (unpaired) electrons. The number of rotatable bonds is 5. The quantitative estimate of drug-likeness (QED) is 0.251. The summed E-state index contributed by atoms with van der Waals surface area (Å²) in [6, 6.07) is 50.0. The van der Waals surface area contributed by atoms with E-state index in [-0.39, 0.29) is 0 Å². The summed E-state index contributed by atoms with van der Waals surface area (Å²) in [4.78, 5) is 9.36. The number of nitrogens with zero attached hydrogens (tertiary/aromatic N) is 3. The summed E-state index contributed by atoms with van der Waals surface area (Å²) >= 11 is 0. The third-order valence-corrected chi connectivity index (χ3v) is 13.4. The molecule has 8 rings (SSSR count). The van der Waals surface area contributed by atoms with Crippen LogP contribution in [0, 0.1) is 0 Å². The molecule has 4 nitrogen and oxygen atoms in total. The largest absolute Gasteiger partial charge is 0.457 e. The fourth-order valence-corrected chi connectivity index (χ4v) is 11.9. The third-order valence-electron chi connectivity index (χ3n) is 8.56. The maximum atomic E-state index is 6.56. The van der Waals surface area contributed by atoms with Crippen LogP contribution in [0.15, 0.2) is 146 Å². The van der Waals surface area contributed by atoms with E-state index in [1.165, 1.54) is 37.8 Å². The summed E-state index contributed by atoms with van der Waals surface area (Å²) in [6.45, 7) is 0.798. The van der Waals surface area contributed by atoms with Crippen molar-refractivity contribution in [3.05, 3.63) is 146 Å². The van der Waals surface area contributed by atoms with Crippen molar-refractivity contribution < 1.29 is 4.74 Å². The minimum absolute atomic E-state index is 0.795. The van der Waals surface area contributed by atoms with Gasteiger partial charge in [0.05, 0.1) is 23.7 Å². The molecule has 42 heavy (non-hydrogen) atoms. The molecule has 1 aromatic heterocycles. The Labute approximate surface area is 247 Å². The standard InChI is InChI=1S/C37H29N3OSi/c1-39-26-40-34-25-29(41-28-13-10-12-27(24-28)32-18-8-9-23-38-32)21-22-35(34)42(30-14-4-2-5-15-30,31-16-6-3-7-17-31)36-20-11-19-33(39)37(36)40/h2-25H,26H2,1H3. The van der Waals surface area contributed by atoms with Gasteiger partial charge < -0.3 is 14.5 Å². The summed E-state index contributed by atoms with van der Waals surface area (Å²) in [6.07, 6.45) is 1.82. The number of para-hydroxylation sites is 1. The normalized spacial score (nSPS) is 14.3. The topological polar surface area (TPSA) is 28.6 Å². The summed E-state index contributed by atoms with van der Waals surface area (Å²) in [5.74, 6) is 1.62. The van der Waals surface area contributed by atoms with Gasteiger partial charge in [-0.1, -0.05) is 97.1 Å². The van der Waals surface area contributed by atoms with Crippen LogP contribution in [0.5, 0.6) is 11.5 Å². The minimum atomic E-state index is -2.64. The minimum Gasteiger partial charge on any atom is -0.457 e. The predicted octanol–water partition coefficient (Wildman–Crippen LogP) is 5.78. The van der Waals surface area contributed by atoms with Crippen molar-refractivity contribution >= 4 is 45.9 Å². The molecule has 0 unspecified atom stereocenters. The maximum Gasteiger partial charge on any atom is 0.184 e. The van der Waals surface area contributed by atoms with Crippen molar-refractivity contribution in [1.29, 1.82) is 0 Å². The van der Waals surface area contributed by atoms with Crippen LogP contribution in [0.2, 0.25) is 0 Å². The molecule has 2 aliphatic heterocycles. The highest BCUT2D eigenvalue weighted by atomic mass is 28.3. The second-order valence-corrected chi connectivity index (χ2v) is 14.7. The Hall–Kier alpha value is -5.13. The van der Waals surface area contributed by atoms with E-state index >= 15 is 0 Å². The number of fused-ring (bicyclic) bond motifs is 2. The number of hydrogen-bond acceptors (Lipinski definition) is 4. The number of hydrogen-bond donors (Lipinski definition) is 0. The van der Waals surface area contributed by atoms with Gasteiger partial charge in [-0.3, -0.25) is 4.98 Å². The second-order valence-electron chi connectivity index (χ2n) is 10.9. The van der Waals surface area contributed by atoms with Gasteiger partial charge in [-0.15, -0.1) is 0 Å². The Balaban J connectivity index is 1.33. The van der Waals surface area contributed by atoms with Crippen molar-refractivity contribution in [2.24, 2.45) is 0 Å². The highest BCUT2D eigenvalue weighted by Gasteiger charge is 2.50. The SMILES string of the molecule is CN1CN2c3cc(Oc4cccc(-c5ccccn5)c4)ccc3[Si](c3ccccc3)(c3ccccc3)c3cccc1c32. The molecule has 6 aromatic rings. The fraction of sp³-hybridized carbons (Fsp3) is 0.0541. The van der Waals surface area contributed by atoms with Gasteiger partial charge in [0.15, 0.2) is 8.07 Å². The molecule has 0 saturated carbocycles. The molecule has 0 saturated heterocycles. The predicted molar refractivity (Wildman–Crippen MR) is 175 cm³/mol. The highest BCUT2D eigenvalue weighted by Crippen LogP contribution is 2.43. The van der Waals surface area contributed by atoms with Crippen LogP contribution in [-0.2, 0) is 0 Å². The van der Waals surface area contributed by atoms with E-state index in [1.807, 2.05) is 36.5 Å². The van der Waals surface area contributed by atoms with E-state index < -0.39 is 8.07 Å². The molecular formula is C37H29N3OSi. The van der Waals surface area contributed by atoms with Gasteiger partial charge in [-0.25, -0.2) is 0 Å². The molecule has 3 heterocycles. The Kier molecular flexibility index (Phi) is 5.72. The number of pyridine rings is 1. The Morgan fingerprint density at radius 3 is 2.07 bits per heavy atom. The number of aromatic nitrogens is 1. The molecule has 0 spiro atoms. The zero-order chi connectivity index (χ0) is 28.1. The first kappa shape index (κ1) is 24.6. The number of benzene rings is 5. The Morgan fingerprint density at radius 2 is 1.33 bits per heavy atom. The van der Waals surface area contributed by atoms with Crippen molar-refractivity contribution in [2.45, 2.75) is 0 Å². The molecule has 0 atom stereocenters. The van der Waals surface area contributed by atoms with Gasteiger partial charge in [0.2, 0.25) is 0 Å². The molecule has 0 amide bonds. The summed E-state index contributed by atoms with van der Waals surface area (Å²) in [5.41, 5.74) is 5.78. The van der Waals surface area contributed by atoms with E-state index in [0.29, 0.717) is 0 Å². The third kappa shape index (κ3) is 3.71. The molecular weight excluding hydrogens is 531 g/mol. The van der Waals surface area contributed by atoms with Crippen LogP contribution < -0.4 is 35.3 Å². The molecule has 5 aromatic carbocycles. The first-order valence-electron chi connectivity index (χ1n) is 14.3. The Morgan fingerprint density at radius 1 is 0.619 bits per heavy atom.